The number of benzene rings is 2. The Bertz CT molecular complexity index is 774. The topological polar surface area (TPSA) is 79.6 Å². The van der Waals surface area contributed by atoms with Gasteiger partial charge in [-0.3, -0.25) is 9.69 Å². The molecule has 0 aromatic heterocycles. The number of rotatable bonds is 5. The molecule has 2 aliphatic rings. The molecule has 0 unspecified atom stereocenters. The minimum Gasteiger partial charge on any atom is -0.397 e. The van der Waals surface area contributed by atoms with Gasteiger partial charge in [-0.15, -0.1) is 0 Å². The van der Waals surface area contributed by atoms with E-state index in [1.807, 2.05) is 36.4 Å². The molecule has 2 saturated heterocycles. The average molecular weight is 352 g/mol. The van der Waals surface area contributed by atoms with E-state index in [0.29, 0.717) is 29.0 Å². The van der Waals surface area contributed by atoms with Gasteiger partial charge in [-0.25, -0.2) is 0 Å². The SMILES string of the molecule is Nc1ccccc1NC(=O)c1ccc(N[C@@H]2CCN(C3COC3)C2)cc1. The van der Waals surface area contributed by atoms with Gasteiger partial charge in [0.25, 0.3) is 5.91 Å². The molecule has 0 radical (unpaired) electrons. The van der Waals surface area contributed by atoms with E-state index < -0.39 is 0 Å². The normalized spacial score (nSPS) is 20.5. The van der Waals surface area contributed by atoms with Crippen LogP contribution < -0.4 is 16.4 Å². The molecule has 4 N–H and O–H groups in total. The summed E-state index contributed by atoms with van der Waals surface area (Å²) >= 11 is 0. The molecule has 4 rings (SSSR count). The summed E-state index contributed by atoms with van der Waals surface area (Å²) in [5, 5.41) is 6.41. The number of nitrogen functional groups attached to an aromatic ring is 1. The van der Waals surface area contributed by atoms with Crippen LogP contribution in [0.2, 0.25) is 0 Å². The molecule has 0 spiro atoms. The van der Waals surface area contributed by atoms with E-state index >= 15 is 0 Å². The summed E-state index contributed by atoms with van der Waals surface area (Å²) < 4.78 is 5.28. The van der Waals surface area contributed by atoms with Crippen LogP contribution in [0.1, 0.15) is 16.8 Å². The first kappa shape index (κ1) is 16.9. The molecule has 0 saturated carbocycles. The Kier molecular flexibility index (Phi) is 4.77. The highest BCUT2D eigenvalue weighted by Gasteiger charge is 2.32. The van der Waals surface area contributed by atoms with Crippen molar-refractivity contribution in [3.63, 3.8) is 0 Å². The second-order valence-corrected chi connectivity index (χ2v) is 6.93. The van der Waals surface area contributed by atoms with E-state index in [2.05, 4.69) is 15.5 Å². The largest absolute Gasteiger partial charge is 0.397 e. The van der Waals surface area contributed by atoms with Gasteiger partial charge in [0.2, 0.25) is 0 Å². The fraction of sp³-hybridized carbons (Fsp3) is 0.350. The Balaban J connectivity index is 1.33. The van der Waals surface area contributed by atoms with Gasteiger partial charge >= 0.3 is 0 Å². The molecular weight excluding hydrogens is 328 g/mol. The summed E-state index contributed by atoms with van der Waals surface area (Å²) in [6.45, 7) is 3.89. The summed E-state index contributed by atoms with van der Waals surface area (Å²) in [7, 11) is 0. The first-order valence-corrected chi connectivity index (χ1v) is 9.03. The molecule has 0 aliphatic carbocycles. The summed E-state index contributed by atoms with van der Waals surface area (Å²) in [5.41, 5.74) is 8.71. The Morgan fingerprint density at radius 2 is 1.88 bits per heavy atom. The lowest BCUT2D eigenvalue weighted by molar-refractivity contribution is -0.0571. The van der Waals surface area contributed by atoms with Gasteiger partial charge in [0.1, 0.15) is 0 Å². The molecule has 26 heavy (non-hydrogen) atoms. The Labute approximate surface area is 153 Å². The zero-order chi connectivity index (χ0) is 17.9. The molecule has 0 bridgehead atoms. The van der Waals surface area contributed by atoms with Crippen LogP contribution in [0.4, 0.5) is 17.1 Å². The van der Waals surface area contributed by atoms with Crippen LogP contribution in [0.3, 0.4) is 0 Å². The molecule has 2 aliphatic heterocycles. The number of hydrogen-bond acceptors (Lipinski definition) is 5. The summed E-state index contributed by atoms with van der Waals surface area (Å²) in [6.07, 6.45) is 1.13. The number of anilines is 3. The minimum absolute atomic E-state index is 0.161. The van der Waals surface area contributed by atoms with Crippen LogP contribution in [-0.2, 0) is 4.74 Å². The van der Waals surface area contributed by atoms with Gasteiger partial charge in [0, 0.05) is 30.4 Å². The third-order valence-corrected chi connectivity index (χ3v) is 5.08. The van der Waals surface area contributed by atoms with Gasteiger partial charge in [-0.05, 0) is 42.8 Å². The van der Waals surface area contributed by atoms with E-state index in [4.69, 9.17) is 10.5 Å². The average Bonchev–Trinajstić information content (AvgIpc) is 3.04. The summed E-state index contributed by atoms with van der Waals surface area (Å²) in [4.78, 5) is 14.9. The fourth-order valence-electron chi connectivity index (χ4n) is 3.43. The van der Waals surface area contributed by atoms with Crippen LogP contribution in [0, 0.1) is 0 Å². The number of nitrogens with two attached hydrogens (primary N) is 1. The summed E-state index contributed by atoms with van der Waals surface area (Å²) in [5.74, 6) is -0.161. The van der Waals surface area contributed by atoms with Crippen molar-refractivity contribution in [1.29, 1.82) is 0 Å². The number of amides is 1. The monoisotopic (exact) mass is 352 g/mol. The maximum absolute atomic E-state index is 12.4. The van der Waals surface area contributed by atoms with E-state index in [1.54, 1.807) is 12.1 Å². The predicted octanol–water partition coefficient (Wildman–Crippen LogP) is 2.41. The maximum atomic E-state index is 12.4. The number of carbonyl (C=O) groups excluding carboxylic acids is 1. The lowest BCUT2D eigenvalue weighted by atomic mass is 10.1. The molecule has 1 amide bonds. The Hall–Kier alpha value is -2.57. The Morgan fingerprint density at radius 3 is 2.58 bits per heavy atom. The van der Waals surface area contributed by atoms with Gasteiger partial charge < -0.3 is 21.1 Å². The van der Waals surface area contributed by atoms with E-state index in [-0.39, 0.29) is 5.91 Å². The van der Waals surface area contributed by atoms with Crippen LogP contribution in [0.5, 0.6) is 0 Å². The molecule has 2 aromatic carbocycles. The molecule has 6 nitrogen and oxygen atoms in total. The summed E-state index contributed by atoms with van der Waals surface area (Å²) in [6, 6.07) is 15.9. The van der Waals surface area contributed by atoms with E-state index in [9.17, 15) is 4.79 Å². The van der Waals surface area contributed by atoms with E-state index in [0.717, 1.165) is 38.4 Å². The van der Waals surface area contributed by atoms with Crippen molar-refractivity contribution in [2.45, 2.75) is 18.5 Å². The second kappa shape index (κ2) is 7.35. The van der Waals surface area contributed by atoms with Gasteiger partial charge in [0.15, 0.2) is 0 Å². The highest BCUT2D eigenvalue weighted by atomic mass is 16.5. The number of likely N-dealkylation sites (tertiary alicyclic amines) is 1. The van der Waals surface area contributed by atoms with E-state index in [1.165, 1.54) is 0 Å². The lowest BCUT2D eigenvalue weighted by Crippen LogP contribution is -2.48. The van der Waals surface area contributed by atoms with Crippen molar-refractivity contribution in [3.8, 4) is 0 Å². The van der Waals surface area contributed by atoms with Crippen LogP contribution in [0.25, 0.3) is 0 Å². The van der Waals surface area contributed by atoms with Crippen molar-refractivity contribution in [3.05, 3.63) is 54.1 Å². The van der Waals surface area contributed by atoms with Crippen molar-refractivity contribution in [1.82, 2.24) is 4.90 Å². The molecule has 136 valence electrons. The third kappa shape index (κ3) is 3.66. The molecule has 2 heterocycles. The van der Waals surface area contributed by atoms with Crippen molar-refractivity contribution < 1.29 is 9.53 Å². The zero-order valence-corrected chi connectivity index (χ0v) is 14.7. The van der Waals surface area contributed by atoms with Crippen molar-refractivity contribution >= 4 is 23.0 Å². The number of hydrogen-bond donors (Lipinski definition) is 3. The lowest BCUT2D eigenvalue weighted by Gasteiger charge is -2.34. The number of ether oxygens (including phenoxy) is 1. The molecule has 6 heteroatoms. The number of nitrogens with one attached hydrogen (secondary N) is 2. The van der Waals surface area contributed by atoms with Gasteiger partial charge in [-0.2, -0.15) is 0 Å². The zero-order valence-electron chi connectivity index (χ0n) is 14.7. The standard InChI is InChI=1S/C20H24N4O2/c21-18-3-1-2-4-19(18)23-20(25)14-5-7-15(8-6-14)22-16-9-10-24(11-16)17-12-26-13-17/h1-8,16-17,22H,9-13,21H2,(H,23,25)/t16-/m1/s1. The smallest absolute Gasteiger partial charge is 0.255 e. The van der Waals surface area contributed by atoms with Gasteiger partial charge in [0.05, 0.1) is 30.6 Å². The first-order chi connectivity index (χ1) is 12.7. The van der Waals surface area contributed by atoms with Crippen molar-refractivity contribution in [2.24, 2.45) is 0 Å². The van der Waals surface area contributed by atoms with Crippen LogP contribution >= 0.6 is 0 Å². The number of nitrogens with zero attached hydrogens (tertiary/aromatic N) is 1. The number of carbonyl (C=O) groups is 1. The molecule has 1 atom stereocenters. The molecule has 2 fully saturated rings. The minimum atomic E-state index is -0.161. The highest BCUT2D eigenvalue weighted by molar-refractivity contribution is 6.05. The number of para-hydroxylation sites is 2. The van der Waals surface area contributed by atoms with Crippen LogP contribution in [0.15, 0.2) is 48.5 Å². The second-order valence-electron chi connectivity index (χ2n) is 6.93. The third-order valence-electron chi connectivity index (χ3n) is 5.08. The van der Waals surface area contributed by atoms with Crippen molar-refractivity contribution in [2.75, 3.05) is 42.7 Å². The quantitative estimate of drug-likeness (QED) is 0.720. The Morgan fingerprint density at radius 1 is 1.12 bits per heavy atom. The van der Waals surface area contributed by atoms with Gasteiger partial charge in [-0.1, -0.05) is 12.1 Å². The van der Waals surface area contributed by atoms with Crippen LogP contribution in [-0.4, -0.2) is 49.2 Å². The first-order valence-electron chi connectivity index (χ1n) is 9.03. The molecule has 2 aromatic rings. The maximum Gasteiger partial charge on any atom is 0.255 e. The predicted molar refractivity (Wildman–Crippen MR) is 103 cm³/mol. The highest BCUT2D eigenvalue weighted by Crippen LogP contribution is 2.22. The molecular formula is C20H24N4O2. The fourth-order valence-corrected chi connectivity index (χ4v) is 3.43.